The highest BCUT2D eigenvalue weighted by Crippen LogP contribution is 2.12. The molecule has 4 nitrogen and oxygen atoms in total. The topological polar surface area (TPSA) is 66.2 Å². The maximum absolute atomic E-state index is 9.05. The highest BCUT2D eigenvalue weighted by Gasteiger charge is 2.04. The van der Waals surface area contributed by atoms with Gasteiger partial charge in [-0.15, -0.1) is 0 Å². The van der Waals surface area contributed by atoms with Gasteiger partial charge in [-0.3, -0.25) is 0 Å². The van der Waals surface area contributed by atoms with Crippen molar-refractivity contribution in [3.8, 4) is 0 Å². The smallest absolute Gasteiger partial charge is 0.187 e. The molecule has 13 heavy (non-hydrogen) atoms. The van der Waals surface area contributed by atoms with E-state index in [-0.39, 0.29) is 6.61 Å². The Balaban J connectivity index is 2.41. The second-order valence-electron chi connectivity index (χ2n) is 2.69. The number of aliphatic hydroxyl groups excluding tert-OH is 2. The van der Waals surface area contributed by atoms with Crippen molar-refractivity contribution < 1.29 is 10.2 Å². The minimum Gasteiger partial charge on any atom is -0.394 e. The molecule has 1 rings (SSSR count). The molecular formula is C8H12N2O2S. The number of thioether (sulfide) groups is 1. The number of nitrogens with zero attached hydrogens (tertiary/aromatic N) is 2. The van der Waals surface area contributed by atoms with E-state index in [9.17, 15) is 0 Å². The van der Waals surface area contributed by atoms with E-state index in [0.717, 1.165) is 5.56 Å². The van der Waals surface area contributed by atoms with Gasteiger partial charge in [-0.1, -0.05) is 11.8 Å². The van der Waals surface area contributed by atoms with Crippen LogP contribution >= 0.6 is 11.8 Å². The van der Waals surface area contributed by atoms with Crippen LogP contribution in [-0.2, 0) is 0 Å². The zero-order chi connectivity index (χ0) is 9.68. The second-order valence-corrected chi connectivity index (χ2v) is 3.68. The summed E-state index contributed by atoms with van der Waals surface area (Å²) >= 11 is 1.33. The monoisotopic (exact) mass is 200 g/mol. The van der Waals surface area contributed by atoms with Crippen LogP contribution in [0, 0.1) is 6.92 Å². The highest BCUT2D eigenvalue weighted by molar-refractivity contribution is 7.99. The van der Waals surface area contributed by atoms with Crippen molar-refractivity contribution >= 4 is 11.8 Å². The van der Waals surface area contributed by atoms with Crippen LogP contribution in [0.3, 0.4) is 0 Å². The average molecular weight is 200 g/mol. The molecule has 0 fully saturated rings. The fraction of sp³-hybridized carbons (Fsp3) is 0.500. The minimum absolute atomic E-state index is 0.223. The zero-order valence-corrected chi connectivity index (χ0v) is 8.16. The first-order valence-electron chi connectivity index (χ1n) is 3.92. The van der Waals surface area contributed by atoms with Crippen molar-refractivity contribution in [2.24, 2.45) is 0 Å². The molecule has 0 radical (unpaired) electrons. The Bertz CT molecular complexity index is 253. The standard InChI is InChI=1S/C8H12N2O2S/c1-6-2-9-8(10-3-6)13-5-7(12)4-11/h2-3,7,11-12H,4-5H2,1H3. The maximum atomic E-state index is 9.05. The van der Waals surface area contributed by atoms with Crippen LogP contribution in [-0.4, -0.2) is 38.6 Å². The van der Waals surface area contributed by atoms with Crippen LogP contribution in [0.5, 0.6) is 0 Å². The van der Waals surface area contributed by atoms with Gasteiger partial charge in [-0.05, 0) is 12.5 Å². The molecule has 2 N–H and O–H groups in total. The molecule has 1 unspecified atom stereocenters. The lowest BCUT2D eigenvalue weighted by atomic mass is 10.4. The highest BCUT2D eigenvalue weighted by atomic mass is 32.2. The molecule has 5 heteroatoms. The van der Waals surface area contributed by atoms with Crippen LogP contribution in [0.25, 0.3) is 0 Å². The van der Waals surface area contributed by atoms with E-state index >= 15 is 0 Å². The van der Waals surface area contributed by atoms with E-state index < -0.39 is 6.10 Å². The van der Waals surface area contributed by atoms with E-state index in [1.54, 1.807) is 12.4 Å². The summed E-state index contributed by atoms with van der Waals surface area (Å²) in [5.74, 6) is 0.416. The molecule has 1 aromatic rings. The number of hydrogen-bond donors (Lipinski definition) is 2. The third-order valence-corrected chi connectivity index (χ3v) is 2.39. The Kier molecular flexibility index (Phi) is 4.14. The lowest BCUT2D eigenvalue weighted by Crippen LogP contribution is -2.14. The van der Waals surface area contributed by atoms with Crippen molar-refractivity contribution in [1.82, 2.24) is 9.97 Å². The van der Waals surface area contributed by atoms with E-state index in [1.807, 2.05) is 6.92 Å². The fourth-order valence-electron chi connectivity index (χ4n) is 0.679. The molecule has 0 amide bonds. The Morgan fingerprint density at radius 3 is 2.62 bits per heavy atom. The first kappa shape index (κ1) is 10.4. The van der Waals surface area contributed by atoms with E-state index in [1.165, 1.54) is 11.8 Å². The molecule has 0 aliphatic rings. The molecule has 0 aromatic carbocycles. The Labute approximate surface area is 81.0 Å². The van der Waals surface area contributed by atoms with Crippen LogP contribution < -0.4 is 0 Å². The lowest BCUT2D eigenvalue weighted by Gasteiger charge is -2.04. The molecule has 0 saturated carbocycles. The Morgan fingerprint density at radius 1 is 1.46 bits per heavy atom. The third kappa shape index (κ3) is 3.71. The summed E-state index contributed by atoms with van der Waals surface area (Å²) in [6, 6.07) is 0. The third-order valence-electron chi connectivity index (χ3n) is 1.37. The molecule has 0 aliphatic carbocycles. The molecule has 0 spiro atoms. The summed E-state index contributed by atoms with van der Waals surface area (Å²) in [5.41, 5.74) is 1.01. The second kappa shape index (κ2) is 5.16. The van der Waals surface area contributed by atoms with E-state index in [2.05, 4.69) is 9.97 Å². The van der Waals surface area contributed by atoms with Gasteiger partial charge in [0.25, 0.3) is 0 Å². The average Bonchev–Trinajstić information content (AvgIpc) is 2.16. The van der Waals surface area contributed by atoms with Gasteiger partial charge in [-0.25, -0.2) is 9.97 Å². The first-order valence-corrected chi connectivity index (χ1v) is 4.91. The number of aliphatic hydroxyl groups is 2. The van der Waals surface area contributed by atoms with Gasteiger partial charge >= 0.3 is 0 Å². The molecule has 1 atom stereocenters. The molecule has 1 aromatic heterocycles. The van der Waals surface area contributed by atoms with Crippen molar-refractivity contribution in [2.75, 3.05) is 12.4 Å². The molecule has 1 heterocycles. The van der Waals surface area contributed by atoms with Gasteiger partial charge in [0.05, 0.1) is 12.7 Å². The van der Waals surface area contributed by atoms with Crippen molar-refractivity contribution in [1.29, 1.82) is 0 Å². The Morgan fingerprint density at radius 2 is 2.08 bits per heavy atom. The van der Waals surface area contributed by atoms with Gasteiger partial charge in [-0.2, -0.15) is 0 Å². The summed E-state index contributed by atoms with van der Waals surface area (Å²) in [7, 11) is 0. The summed E-state index contributed by atoms with van der Waals surface area (Å²) in [6.07, 6.45) is 2.75. The van der Waals surface area contributed by atoms with Gasteiger partial charge in [0.1, 0.15) is 0 Å². The van der Waals surface area contributed by atoms with Crippen LogP contribution in [0.2, 0.25) is 0 Å². The molecular weight excluding hydrogens is 188 g/mol. The SMILES string of the molecule is Cc1cnc(SCC(O)CO)nc1. The molecule has 0 saturated heterocycles. The van der Waals surface area contributed by atoms with Crippen molar-refractivity contribution in [2.45, 2.75) is 18.2 Å². The minimum atomic E-state index is -0.699. The summed E-state index contributed by atoms with van der Waals surface area (Å²) in [6.45, 7) is 1.69. The summed E-state index contributed by atoms with van der Waals surface area (Å²) in [4.78, 5) is 8.09. The first-order chi connectivity index (χ1) is 6.22. The predicted octanol–water partition coefficient (Wildman–Crippen LogP) is 0.230. The lowest BCUT2D eigenvalue weighted by molar-refractivity contribution is 0.113. The zero-order valence-electron chi connectivity index (χ0n) is 7.34. The van der Waals surface area contributed by atoms with E-state index in [0.29, 0.717) is 10.9 Å². The van der Waals surface area contributed by atoms with Crippen LogP contribution in [0.1, 0.15) is 5.56 Å². The van der Waals surface area contributed by atoms with Crippen molar-refractivity contribution in [3.63, 3.8) is 0 Å². The quantitative estimate of drug-likeness (QED) is 0.538. The predicted molar refractivity (Wildman–Crippen MR) is 50.6 cm³/mol. The van der Waals surface area contributed by atoms with Crippen LogP contribution in [0.15, 0.2) is 17.6 Å². The summed E-state index contributed by atoms with van der Waals surface area (Å²) < 4.78 is 0. The largest absolute Gasteiger partial charge is 0.394 e. The van der Waals surface area contributed by atoms with Gasteiger partial charge in [0.2, 0.25) is 0 Å². The number of aromatic nitrogens is 2. The summed E-state index contributed by atoms with van der Waals surface area (Å²) in [5, 5.41) is 18.2. The Hall–Kier alpha value is -0.650. The van der Waals surface area contributed by atoms with Crippen molar-refractivity contribution in [3.05, 3.63) is 18.0 Å². The normalized spacial score (nSPS) is 12.8. The molecule has 72 valence electrons. The molecule has 0 bridgehead atoms. The van der Waals surface area contributed by atoms with E-state index in [4.69, 9.17) is 10.2 Å². The number of aryl methyl sites for hydroxylation is 1. The molecule has 0 aliphatic heterocycles. The maximum Gasteiger partial charge on any atom is 0.187 e. The van der Waals surface area contributed by atoms with Gasteiger partial charge in [0.15, 0.2) is 5.16 Å². The number of hydrogen-bond acceptors (Lipinski definition) is 5. The van der Waals surface area contributed by atoms with Gasteiger partial charge in [0, 0.05) is 18.1 Å². The van der Waals surface area contributed by atoms with Gasteiger partial charge < -0.3 is 10.2 Å². The fourth-order valence-corrected chi connectivity index (χ4v) is 1.38. The number of rotatable bonds is 4. The van der Waals surface area contributed by atoms with Crippen LogP contribution in [0.4, 0.5) is 0 Å².